The summed E-state index contributed by atoms with van der Waals surface area (Å²) in [6.07, 6.45) is 0.910. The van der Waals surface area contributed by atoms with E-state index in [-0.39, 0.29) is 5.82 Å². The van der Waals surface area contributed by atoms with Gasteiger partial charge in [-0.2, -0.15) is 0 Å². The Morgan fingerprint density at radius 1 is 1.31 bits per heavy atom. The number of halogens is 1. The van der Waals surface area contributed by atoms with Crippen LogP contribution >= 0.6 is 0 Å². The summed E-state index contributed by atoms with van der Waals surface area (Å²) in [4.78, 5) is 3.19. The zero-order valence-electron chi connectivity index (χ0n) is 7.82. The number of aromatic amines is 1. The largest absolute Gasteiger partial charge is 0.358 e. The summed E-state index contributed by atoms with van der Waals surface area (Å²) in [7, 11) is 0. The molecular weight excluding hydrogens is 165 g/mol. The molecule has 0 spiro atoms. The lowest BCUT2D eigenvalue weighted by Gasteiger charge is -1.94. The number of hydrogen-bond acceptors (Lipinski definition) is 0. The van der Waals surface area contributed by atoms with Crippen LogP contribution in [0.3, 0.4) is 0 Å². The number of rotatable bonds is 1. The van der Waals surface area contributed by atoms with E-state index in [9.17, 15) is 4.39 Å². The van der Waals surface area contributed by atoms with Crippen molar-refractivity contribution >= 4 is 10.9 Å². The van der Waals surface area contributed by atoms with Crippen LogP contribution in [0.2, 0.25) is 0 Å². The zero-order valence-corrected chi connectivity index (χ0v) is 7.82. The van der Waals surface area contributed by atoms with Crippen molar-refractivity contribution < 1.29 is 4.39 Å². The van der Waals surface area contributed by atoms with Crippen molar-refractivity contribution in [3.8, 4) is 0 Å². The van der Waals surface area contributed by atoms with Crippen molar-refractivity contribution in [2.75, 3.05) is 0 Å². The minimum absolute atomic E-state index is 0.133. The Labute approximate surface area is 76.6 Å². The van der Waals surface area contributed by atoms with Crippen LogP contribution in [-0.4, -0.2) is 4.98 Å². The van der Waals surface area contributed by atoms with Gasteiger partial charge in [-0.3, -0.25) is 0 Å². The van der Waals surface area contributed by atoms with E-state index in [1.165, 1.54) is 0 Å². The monoisotopic (exact) mass is 177 g/mol. The molecule has 0 fully saturated rings. The van der Waals surface area contributed by atoms with E-state index in [4.69, 9.17) is 0 Å². The molecule has 13 heavy (non-hydrogen) atoms. The number of H-pyrrole nitrogens is 1. The molecule has 1 N–H and O–H groups in total. The Hall–Kier alpha value is -1.31. The summed E-state index contributed by atoms with van der Waals surface area (Å²) >= 11 is 0. The third-order valence-corrected chi connectivity index (χ3v) is 2.27. The van der Waals surface area contributed by atoms with Crippen LogP contribution in [0.15, 0.2) is 18.2 Å². The zero-order chi connectivity index (χ0) is 9.42. The molecule has 1 aromatic carbocycles. The van der Waals surface area contributed by atoms with Crippen LogP contribution < -0.4 is 0 Å². The lowest BCUT2D eigenvalue weighted by Crippen LogP contribution is -1.79. The topological polar surface area (TPSA) is 15.8 Å². The van der Waals surface area contributed by atoms with Gasteiger partial charge in [0.1, 0.15) is 5.82 Å². The Kier molecular flexibility index (Phi) is 1.83. The smallest absolute Gasteiger partial charge is 0.132 e. The number of hydrogen-bond donors (Lipinski definition) is 1. The van der Waals surface area contributed by atoms with E-state index < -0.39 is 0 Å². The van der Waals surface area contributed by atoms with Gasteiger partial charge in [-0.1, -0.05) is 6.92 Å². The third kappa shape index (κ3) is 1.32. The van der Waals surface area contributed by atoms with Crippen LogP contribution in [0.5, 0.6) is 0 Å². The molecular formula is C11H12FN. The molecule has 0 unspecified atom stereocenters. The van der Waals surface area contributed by atoms with E-state index in [1.54, 1.807) is 6.07 Å². The fraction of sp³-hybridized carbons (Fsp3) is 0.273. The van der Waals surface area contributed by atoms with E-state index in [1.807, 2.05) is 19.1 Å². The first-order valence-electron chi connectivity index (χ1n) is 4.48. The van der Waals surface area contributed by atoms with Gasteiger partial charge in [0.2, 0.25) is 0 Å². The summed E-state index contributed by atoms with van der Waals surface area (Å²) in [5.41, 5.74) is 2.93. The van der Waals surface area contributed by atoms with Gasteiger partial charge in [-0.05, 0) is 37.1 Å². The fourth-order valence-corrected chi connectivity index (χ4v) is 1.58. The summed E-state index contributed by atoms with van der Waals surface area (Å²) in [5, 5.41) is 0.697. The fourth-order valence-electron chi connectivity index (χ4n) is 1.58. The number of aryl methyl sites for hydroxylation is 2. The summed E-state index contributed by atoms with van der Waals surface area (Å²) in [6, 6.07) is 5.41. The SMILES string of the molecule is CCc1cc2c(F)cc(C)cc2[nH]1. The van der Waals surface area contributed by atoms with Gasteiger partial charge >= 0.3 is 0 Å². The quantitative estimate of drug-likeness (QED) is 0.688. The molecule has 0 aliphatic carbocycles. The molecule has 2 rings (SSSR count). The predicted molar refractivity (Wildman–Crippen MR) is 52.4 cm³/mol. The lowest BCUT2D eigenvalue weighted by atomic mass is 10.2. The molecule has 2 heteroatoms. The Balaban J connectivity index is 2.75. The predicted octanol–water partition coefficient (Wildman–Crippen LogP) is 3.18. The van der Waals surface area contributed by atoms with E-state index in [0.717, 1.165) is 23.2 Å². The second kappa shape index (κ2) is 2.87. The molecule has 1 heterocycles. The first-order chi connectivity index (χ1) is 6.20. The summed E-state index contributed by atoms with van der Waals surface area (Å²) < 4.78 is 13.4. The van der Waals surface area contributed by atoms with E-state index >= 15 is 0 Å². The molecule has 0 amide bonds. The molecule has 0 saturated carbocycles. The highest BCUT2D eigenvalue weighted by molar-refractivity contribution is 5.81. The summed E-state index contributed by atoms with van der Waals surface area (Å²) in [6.45, 7) is 3.95. The molecule has 1 nitrogen and oxygen atoms in total. The van der Waals surface area contributed by atoms with Gasteiger partial charge in [-0.15, -0.1) is 0 Å². The van der Waals surface area contributed by atoms with Gasteiger partial charge in [0.25, 0.3) is 0 Å². The number of nitrogens with one attached hydrogen (secondary N) is 1. The number of aromatic nitrogens is 1. The van der Waals surface area contributed by atoms with Crippen molar-refractivity contribution in [1.29, 1.82) is 0 Å². The second-order valence-electron chi connectivity index (χ2n) is 3.36. The molecule has 0 radical (unpaired) electrons. The van der Waals surface area contributed by atoms with Crippen LogP contribution in [-0.2, 0) is 6.42 Å². The van der Waals surface area contributed by atoms with Crippen LogP contribution in [0.4, 0.5) is 4.39 Å². The molecule has 0 bridgehead atoms. The average Bonchev–Trinajstić information content (AvgIpc) is 2.47. The van der Waals surface area contributed by atoms with Crippen LogP contribution in [0, 0.1) is 12.7 Å². The Morgan fingerprint density at radius 3 is 2.77 bits per heavy atom. The Bertz CT molecular complexity index is 443. The van der Waals surface area contributed by atoms with Crippen LogP contribution in [0.1, 0.15) is 18.2 Å². The molecule has 0 aliphatic rings. The van der Waals surface area contributed by atoms with E-state index in [2.05, 4.69) is 11.9 Å². The molecule has 0 saturated heterocycles. The maximum Gasteiger partial charge on any atom is 0.132 e. The molecule has 2 aromatic rings. The molecule has 68 valence electrons. The number of fused-ring (bicyclic) bond motifs is 1. The normalized spacial score (nSPS) is 11.0. The first-order valence-corrected chi connectivity index (χ1v) is 4.48. The minimum atomic E-state index is -0.133. The Morgan fingerprint density at radius 2 is 2.08 bits per heavy atom. The minimum Gasteiger partial charge on any atom is -0.358 e. The highest BCUT2D eigenvalue weighted by atomic mass is 19.1. The average molecular weight is 177 g/mol. The second-order valence-corrected chi connectivity index (χ2v) is 3.36. The van der Waals surface area contributed by atoms with E-state index in [0.29, 0.717) is 5.39 Å². The lowest BCUT2D eigenvalue weighted by molar-refractivity contribution is 0.639. The first kappa shape index (κ1) is 8.30. The highest BCUT2D eigenvalue weighted by Crippen LogP contribution is 2.20. The van der Waals surface area contributed by atoms with Crippen LogP contribution in [0.25, 0.3) is 10.9 Å². The molecule has 0 atom stereocenters. The molecule has 1 aromatic heterocycles. The maximum absolute atomic E-state index is 13.4. The number of benzene rings is 1. The van der Waals surface area contributed by atoms with Crippen molar-refractivity contribution in [3.63, 3.8) is 0 Å². The van der Waals surface area contributed by atoms with Crippen molar-refractivity contribution in [2.24, 2.45) is 0 Å². The maximum atomic E-state index is 13.4. The van der Waals surface area contributed by atoms with Crippen molar-refractivity contribution in [2.45, 2.75) is 20.3 Å². The highest BCUT2D eigenvalue weighted by Gasteiger charge is 2.04. The van der Waals surface area contributed by atoms with Gasteiger partial charge in [0.05, 0.1) is 0 Å². The van der Waals surface area contributed by atoms with Gasteiger partial charge in [0, 0.05) is 16.6 Å². The van der Waals surface area contributed by atoms with Crippen molar-refractivity contribution in [1.82, 2.24) is 4.98 Å². The van der Waals surface area contributed by atoms with Crippen molar-refractivity contribution in [3.05, 3.63) is 35.3 Å². The van der Waals surface area contributed by atoms with Gasteiger partial charge < -0.3 is 4.98 Å². The summed E-state index contributed by atoms with van der Waals surface area (Å²) in [5.74, 6) is -0.133. The van der Waals surface area contributed by atoms with Gasteiger partial charge in [-0.25, -0.2) is 4.39 Å². The standard InChI is InChI=1S/C11H12FN/c1-3-8-6-9-10(12)4-7(2)5-11(9)13-8/h4-6,13H,3H2,1-2H3. The van der Waals surface area contributed by atoms with Gasteiger partial charge in [0.15, 0.2) is 0 Å². The third-order valence-electron chi connectivity index (χ3n) is 2.27. The molecule has 0 aliphatic heterocycles.